The van der Waals surface area contributed by atoms with Gasteiger partial charge in [0, 0.05) is 16.1 Å². The van der Waals surface area contributed by atoms with Crippen molar-refractivity contribution in [2.24, 2.45) is 5.73 Å². The number of benzene rings is 2. The fraction of sp³-hybridized carbons (Fsp3) is 0.143. The largest absolute Gasteiger partial charge is 0.497 e. The number of hydrogen-bond acceptors (Lipinski definition) is 6. The summed E-state index contributed by atoms with van der Waals surface area (Å²) in [5.41, 5.74) is 9.02. The molecule has 0 bridgehead atoms. The number of fused-ring (bicyclic) bond motifs is 1. The molecule has 0 spiro atoms. The average molecular weight is 409 g/mol. The van der Waals surface area contributed by atoms with Crippen LogP contribution in [0.3, 0.4) is 0 Å². The van der Waals surface area contributed by atoms with Crippen molar-refractivity contribution in [2.75, 3.05) is 14.2 Å². The highest BCUT2D eigenvalue weighted by Gasteiger charge is 2.37. The third kappa shape index (κ3) is 3.04. The maximum absolute atomic E-state index is 9.87. The highest BCUT2D eigenvalue weighted by atomic mass is 35.5. The highest BCUT2D eigenvalue weighted by molar-refractivity contribution is 6.33. The van der Waals surface area contributed by atoms with Gasteiger partial charge in [-0.3, -0.25) is 5.10 Å². The van der Waals surface area contributed by atoms with Crippen LogP contribution in [0.15, 0.2) is 53.9 Å². The topological polar surface area (TPSA) is 106 Å². The number of rotatable bonds is 4. The molecule has 0 aliphatic carbocycles. The van der Waals surface area contributed by atoms with Gasteiger partial charge in [0.15, 0.2) is 0 Å². The number of hydrogen-bond donors (Lipinski definition) is 2. The molecule has 2 aromatic carbocycles. The zero-order valence-electron chi connectivity index (χ0n) is 15.7. The number of nitrogens with two attached hydrogens (primary N) is 1. The minimum atomic E-state index is -0.584. The number of nitrogens with zero attached hydrogens (tertiary/aromatic N) is 2. The van der Waals surface area contributed by atoms with Gasteiger partial charge in [-0.05, 0) is 24.3 Å². The van der Waals surface area contributed by atoms with Gasteiger partial charge in [-0.2, -0.15) is 5.26 Å². The molecule has 0 radical (unpaired) electrons. The normalized spacial score (nSPS) is 15.3. The summed E-state index contributed by atoms with van der Waals surface area (Å²) in [6, 6.07) is 14.9. The van der Waals surface area contributed by atoms with Crippen molar-refractivity contribution in [2.45, 2.75) is 5.92 Å². The molecule has 1 aromatic heterocycles. The quantitative estimate of drug-likeness (QED) is 0.676. The first-order chi connectivity index (χ1) is 14.1. The Morgan fingerprint density at radius 1 is 1.21 bits per heavy atom. The molecule has 1 aliphatic heterocycles. The van der Waals surface area contributed by atoms with Crippen LogP contribution in [0.2, 0.25) is 5.02 Å². The van der Waals surface area contributed by atoms with E-state index in [0.717, 1.165) is 5.56 Å². The summed E-state index contributed by atoms with van der Waals surface area (Å²) in [5.74, 6) is 0.889. The Labute approximate surface area is 172 Å². The first-order valence-corrected chi connectivity index (χ1v) is 9.09. The van der Waals surface area contributed by atoms with Crippen LogP contribution in [0.4, 0.5) is 0 Å². The Morgan fingerprint density at radius 2 is 2.00 bits per heavy atom. The SMILES string of the molecule is COc1ccc(OC)c(C2C(C#N)=C(N)Oc3n[nH]c(-c4ccccc4Cl)c32)c1. The van der Waals surface area contributed by atoms with Crippen molar-refractivity contribution in [3.8, 4) is 34.7 Å². The van der Waals surface area contributed by atoms with E-state index in [2.05, 4.69) is 16.3 Å². The molecule has 7 nitrogen and oxygen atoms in total. The van der Waals surface area contributed by atoms with Gasteiger partial charge in [0.05, 0.1) is 31.4 Å². The number of H-pyrrole nitrogens is 1. The summed E-state index contributed by atoms with van der Waals surface area (Å²) in [5, 5.41) is 17.7. The maximum Gasteiger partial charge on any atom is 0.244 e. The summed E-state index contributed by atoms with van der Waals surface area (Å²) in [7, 11) is 3.14. The molecule has 1 atom stereocenters. The molecule has 0 fully saturated rings. The zero-order valence-corrected chi connectivity index (χ0v) is 16.4. The molecule has 3 aromatic rings. The molecule has 1 unspecified atom stereocenters. The van der Waals surface area contributed by atoms with Gasteiger partial charge >= 0.3 is 0 Å². The lowest BCUT2D eigenvalue weighted by Gasteiger charge is -2.25. The van der Waals surface area contributed by atoms with E-state index < -0.39 is 5.92 Å². The number of halogens is 1. The van der Waals surface area contributed by atoms with Crippen molar-refractivity contribution >= 4 is 11.6 Å². The van der Waals surface area contributed by atoms with Gasteiger partial charge < -0.3 is 19.9 Å². The predicted octanol–water partition coefficient (Wildman–Crippen LogP) is 3.97. The van der Waals surface area contributed by atoms with E-state index >= 15 is 0 Å². The van der Waals surface area contributed by atoms with Crippen LogP contribution < -0.4 is 19.9 Å². The Balaban J connectivity index is 2.02. The standard InChI is InChI=1S/C21H17ClN4O3/c1-27-11-7-8-16(28-2)13(9-11)17-14(10-23)20(24)29-21-18(17)19(25-26-21)12-5-3-4-6-15(12)22/h3-9,17H,24H2,1-2H3,(H,25,26). The zero-order chi connectivity index (χ0) is 20.5. The monoisotopic (exact) mass is 408 g/mol. The summed E-state index contributed by atoms with van der Waals surface area (Å²) >= 11 is 6.42. The second-order valence-electron chi connectivity index (χ2n) is 6.33. The fourth-order valence-corrected chi connectivity index (χ4v) is 3.72. The van der Waals surface area contributed by atoms with Gasteiger partial charge in [-0.25, -0.2) is 0 Å². The third-order valence-corrected chi connectivity index (χ3v) is 5.16. The van der Waals surface area contributed by atoms with Crippen LogP contribution in [0.5, 0.6) is 17.4 Å². The Hall–Kier alpha value is -3.63. The Morgan fingerprint density at radius 3 is 2.69 bits per heavy atom. The van der Waals surface area contributed by atoms with Crippen molar-refractivity contribution in [3.63, 3.8) is 0 Å². The molecule has 1 aliphatic rings. The molecule has 3 N–H and O–H groups in total. The molecule has 2 heterocycles. The predicted molar refractivity (Wildman–Crippen MR) is 108 cm³/mol. The van der Waals surface area contributed by atoms with Crippen molar-refractivity contribution in [1.29, 1.82) is 5.26 Å². The maximum atomic E-state index is 9.87. The summed E-state index contributed by atoms with van der Waals surface area (Å²) in [6.07, 6.45) is 0. The van der Waals surface area contributed by atoms with Crippen molar-refractivity contribution < 1.29 is 14.2 Å². The Bertz CT molecular complexity index is 1160. The van der Waals surface area contributed by atoms with Crippen molar-refractivity contribution in [1.82, 2.24) is 10.2 Å². The first-order valence-electron chi connectivity index (χ1n) is 8.71. The van der Waals surface area contributed by atoms with E-state index in [1.165, 1.54) is 0 Å². The van der Waals surface area contributed by atoms with E-state index in [9.17, 15) is 5.26 Å². The van der Waals surface area contributed by atoms with Gasteiger partial charge in [0.1, 0.15) is 23.1 Å². The highest BCUT2D eigenvalue weighted by Crippen LogP contribution is 2.49. The van der Waals surface area contributed by atoms with Crippen LogP contribution in [-0.2, 0) is 0 Å². The summed E-state index contributed by atoms with van der Waals surface area (Å²) < 4.78 is 16.6. The molecule has 0 amide bonds. The number of ether oxygens (including phenoxy) is 3. The molecule has 29 heavy (non-hydrogen) atoms. The van der Waals surface area contributed by atoms with Gasteiger partial charge in [0.25, 0.3) is 0 Å². The van der Waals surface area contributed by atoms with E-state index in [1.54, 1.807) is 32.4 Å². The van der Waals surface area contributed by atoms with E-state index in [4.69, 9.17) is 31.5 Å². The average Bonchev–Trinajstić information content (AvgIpc) is 3.15. The minimum absolute atomic E-state index is 0.00733. The number of nitrogens with one attached hydrogen (secondary N) is 1. The van der Waals surface area contributed by atoms with E-state index in [0.29, 0.717) is 33.3 Å². The third-order valence-electron chi connectivity index (χ3n) is 4.83. The lowest BCUT2D eigenvalue weighted by atomic mass is 9.82. The lowest BCUT2D eigenvalue weighted by Crippen LogP contribution is -2.21. The second-order valence-corrected chi connectivity index (χ2v) is 6.74. The molecule has 4 rings (SSSR count). The van der Waals surface area contributed by atoms with Gasteiger partial charge in [-0.1, -0.05) is 29.8 Å². The van der Waals surface area contributed by atoms with E-state index in [-0.39, 0.29) is 17.3 Å². The molecule has 8 heteroatoms. The van der Waals surface area contributed by atoms with Crippen molar-refractivity contribution in [3.05, 3.63) is 70.1 Å². The van der Waals surface area contributed by atoms with E-state index in [1.807, 2.05) is 24.3 Å². The minimum Gasteiger partial charge on any atom is -0.497 e. The molecule has 146 valence electrons. The van der Waals surface area contributed by atoms with Crippen LogP contribution in [0.1, 0.15) is 17.0 Å². The number of aromatic nitrogens is 2. The molecule has 0 saturated heterocycles. The second kappa shape index (κ2) is 7.41. The number of methoxy groups -OCH3 is 2. The van der Waals surface area contributed by atoms with Gasteiger partial charge in [0.2, 0.25) is 11.8 Å². The molecule has 0 saturated carbocycles. The van der Waals surface area contributed by atoms with Crippen LogP contribution in [0.25, 0.3) is 11.3 Å². The lowest BCUT2D eigenvalue weighted by molar-refractivity contribution is 0.373. The number of allylic oxidation sites excluding steroid dienone is 1. The Kier molecular flexibility index (Phi) is 4.79. The first kappa shape index (κ1) is 18.7. The van der Waals surface area contributed by atoms with Crippen LogP contribution in [0, 0.1) is 11.3 Å². The fourth-order valence-electron chi connectivity index (χ4n) is 3.49. The molecular weight excluding hydrogens is 392 g/mol. The van der Waals surface area contributed by atoms with Gasteiger partial charge in [-0.15, -0.1) is 5.10 Å². The molecular formula is C21H17ClN4O3. The smallest absolute Gasteiger partial charge is 0.244 e. The van der Waals surface area contributed by atoms with Crippen LogP contribution >= 0.6 is 11.6 Å². The number of nitriles is 1. The number of aromatic amines is 1. The van der Waals surface area contributed by atoms with Crippen LogP contribution in [-0.4, -0.2) is 24.4 Å². The summed E-state index contributed by atoms with van der Waals surface area (Å²) in [4.78, 5) is 0. The summed E-state index contributed by atoms with van der Waals surface area (Å²) in [6.45, 7) is 0.